The summed E-state index contributed by atoms with van der Waals surface area (Å²) in [6.07, 6.45) is 3.04. The lowest BCUT2D eigenvalue weighted by Crippen LogP contribution is -2.07. The van der Waals surface area contributed by atoms with Crippen LogP contribution in [0.25, 0.3) is 22.5 Å². The fourth-order valence-corrected chi connectivity index (χ4v) is 2.42. The molecule has 0 spiro atoms. The Bertz CT molecular complexity index is 832. The molecule has 0 aliphatic heterocycles. The lowest BCUT2D eigenvalue weighted by molar-refractivity contribution is 0.0682. The van der Waals surface area contributed by atoms with Gasteiger partial charge in [-0.1, -0.05) is 12.1 Å². The molecule has 0 fully saturated rings. The highest BCUT2D eigenvalue weighted by molar-refractivity contribution is 6.03. The van der Waals surface area contributed by atoms with Gasteiger partial charge in [-0.15, -0.1) is 0 Å². The number of hydrogen-bond acceptors (Lipinski definition) is 4. The van der Waals surface area contributed by atoms with E-state index < -0.39 is 11.9 Å². The van der Waals surface area contributed by atoms with Gasteiger partial charge in [0.25, 0.3) is 0 Å². The van der Waals surface area contributed by atoms with Gasteiger partial charge in [-0.2, -0.15) is 0 Å². The number of nitrogens with zero attached hydrogens (tertiary/aromatic N) is 2. The van der Waals surface area contributed by atoms with E-state index in [1.807, 2.05) is 0 Å². The van der Waals surface area contributed by atoms with Crippen LogP contribution in [0, 0.1) is 0 Å². The Morgan fingerprint density at radius 3 is 1.42 bits per heavy atom. The Morgan fingerprint density at radius 2 is 1.12 bits per heavy atom. The van der Waals surface area contributed by atoms with Crippen molar-refractivity contribution in [1.82, 2.24) is 9.97 Å². The number of pyridine rings is 2. The molecule has 2 heterocycles. The molecule has 6 heteroatoms. The van der Waals surface area contributed by atoms with Crippen molar-refractivity contribution in [3.8, 4) is 22.5 Å². The third-order valence-corrected chi connectivity index (χ3v) is 3.50. The smallest absolute Gasteiger partial charge is 0.336 e. The van der Waals surface area contributed by atoms with Crippen molar-refractivity contribution in [3.05, 3.63) is 72.1 Å². The Balaban J connectivity index is 2.32. The number of aromatic nitrogens is 2. The van der Waals surface area contributed by atoms with Gasteiger partial charge >= 0.3 is 11.9 Å². The van der Waals surface area contributed by atoms with E-state index in [-0.39, 0.29) is 22.3 Å². The van der Waals surface area contributed by atoms with E-state index in [1.165, 1.54) is 24.5 Å². The average molecular weight is 320 g/mol. The number of aromatic carboxylic acids is 2. The number of hydrogen-bond donors (Lipinski definition) is 2. The summed E-state index contributed by atoms with van der Waals surface area (Å²) in [6, 6.07) is 12.7. The molecular weight excluding hydrogens is 308 g/mol. The van der Waals surface area contributed by atoms with Gasteiger partial charge in [0, 0.05) is 23.5 Å². The van der Waals surface area contributed by atoms with Crippen LogP contribution in [-0.2, 0) is 0 Å². The van der Waals surface area contributed by atoms with Gasteiger partial charge in [-0.25, -0.2) is 9.59 Å². The molecule has 0 atom stereocenters. The van der Waals surface area contributed by atoms with E-state index in [2.05, 4.69) is 9.97 Å². The van der Waals surface area contributed by atoms with Gasteiger partial charge in [0.05, 0.1) is 22.5 Å². The molecule has 0 aliphatic carbocycles. The lowest BCUT2D eigenvalue weighted by atomic mass is 9.94. The number of rotatable bonds is 4. The zero-order chi connectivity index (χ0) is 17.1. The molecular formula is C18H12N2O4. The SMILES string of the molecule is O=C(O)c1cc(-c2ccccn2)c(C(=O)O)cc1-c1ccccn1. The van der Waals surface area contributed by atoms with Crippen molar-refractivity contribution in [1.29, 1.82) is 0 Å². The van der Waals surface area contributed by atoms with Gasteiger partial charge in [0.1, 0.15) is 0 Å². The van der Waals surface area contributed by atoms with Gasteiger partial charge < -0.3 is 10.2 Å². The summed E-state index contributed by atoms with van der Waals surface area (Å²) in [5.41, 5.74) is 1.23. The summed E-state index contributed by atoms with van der Waals surface area (Å²) in [6.45, 7) is 0. The summed E-state index contributed by atoms with van der Waals surface area (Å²) in [5, 5.41) is 19.1. The van der Waals surface area contributed by atoms with E-state index in [0.717, 1.165) is 0 Å². The number of carboxylic acid groups (broad SMARTS) is 2. The van der Waals surface area contributed by atoms with Crippen LogP contribution in [0.3, 0.4) is 0 Å². The van der Waals surface area contributed by atoms with Crippen LogP contribution in [0.1, 0.15) is 20.7 Å². The predicted molar refractivity (Wildman–Crippen MR) is 86.8 cm³/mol. The third-order valence-electron chi connectivity index (χ3n) is 3.50. The van der Waals surface area contributed by atoms with Crippen LogP contribution in [0.5, 0.6) is 0 Å². The zero-order valence-corrected chi connectivity index (χ0v) is 12.4. The monoisotopic (exact) mass is 320 g/mol. The minimum absolute atomic E-state index is 0.0284. The van der Waals surface area contributed by atoms with Gasteiger partial charge in [-0.05, 0) is 36.4 Å². The molecule has 0 amide bonds. The van der Waals surface area contributed by atoms with Crippen LogP contribution < -0.4 is 0 Å². The van der Waals surface area contributed by atoms with Crippen molar-refractivity contribution in [3.63, 3.8) is 0 Å². The molecule has 0 bridgehead atoms. The minimum atomic E-state index is -1.16. The number of benzene rings is 1. The molecule has 24 heavy (non-hydrogen) atoms. The van der Waals surface area contributed by atoms with E-state index in [1.54, 1.807) is 36.4 Å². The van der Waals surface area contributed by atoms with E-state index >= 15 is 0 Å². The largest absolute Gasteiger partial charge is 0.478 e. The fourth-order valence-electron chi connectivity index (χ4n) is 2.42. The Hall–Kier alpha value is -3.54. The fraction of sp³-hybridized carbons (Fsp3) is 0. The maximum atomic E-state index is 11.7. The zero-order valence-electron chi connectivity index (χ0n) is 12.4. The number of carboxylic acids is 2. The summed E-state index contributed by atoms with van der Waals surface area (Å²) in [4.78, 5) is 31.6. The first-order chi connectivity index (χ1) is 11.6. The van der Waals surface area contributed by atoms with Gasteiger partial charge in [0.2, 0.25) is 0 Å². The van der Waals surface area contributed by atoms with Crippen molar-refractivity contribution in [2.24, 2.45) is 0 Å². The van der Waals surface area contributed by atoms with E-state index in [9.17, 15) is 19.8 Å². The van der Waals surface area contributed by atoms with Gasteiger partial charge in [0.15, 0.2) is 0 Å². The highest BCUT2D eigenvalue weighted by atomic mass is 16.4. The highest BCUT2D eigenvalue weighted by Crippen LogP contribution is 2.31. The summed E-state index contributed by atoms with van der Waals surface area (Å²) < 4.78 is 0. The van der Waals surface area contributed by atoms with Crippen molar-refractivity contribution < 1.29 is 19.8 Å². The molecule has 0 unspecified atom stereocenters. The normalized spacial score (nSPS) is 10.3. The standard InChI is InChI=1S/C18H12N2O4/c21-17(22)13-10-12(16-6-2-4-8-20-16)14(18(23)24)9-11(13)15-5-1-3-7-19-15/h1-10H,(H,21,22)(H,23,24). The second-order valence-electron chi connectivity index (χ2n) is 4.98. The average Bonchev–Trinajstić information content (AvgIpc) is 2.62. The number of carbonyl (C=O) groups is 2. The lowest BCUT2D eigenvalue weighted by Gasteiger charge is -2.12. The van der Waals surface area contributed by atoms with Crippen LogP contribution in [0.2, 0.25) is 0 Å². The minimum Gasteiger partial charge on any atom is -0.478 e. The molecule has 0 saturated carbocycles. The molecule has 0 aliphatic rings. The summed E-state index contributed by atoms with van der Waals surface area (Å²) >= 11 is 0. The van der Waals surface area contributed by atoms with Crippen LogP contribution in [-0.4, -0.2) is 32.1 Å². The van der Waals surface area contributed by atoms with Crippen LogP contribution in [0.15, 0.2) is 60.9 Å². The van der Waals surface area contributed by atoms with Crippen molar-refractivity contribution in [2.45, 2.75) is 0 Å². The maximum Gasteiger partial charge on any atom is 0.336 e. The first-order valence-electron chi connectivity index (χ1n) is 7.05. The summed E-state index contributed by atoms with van der Waals surface area (Å²) in [7, 11) is 0. The Kier molecular flexibility index (Phi) is 4.03. The second kappa shape index (κ2) is 6.29. The van der Waals surface area contributed by atoms with Crippen LogP contribution in [0.4, 0.5) is 0 Å². The second-order valence-corrected chi connectivity index (χ2v) is 4.98. The molecule has 2 N–H and O–H groups in total. The van der Waals surface area contributed by atoms with Crippen molar-refractivity contribution >= 4 is 11.9 Å². The summed E-state index contributed by atoms with van der Waals surface area (Å²) in [5.74, 6) is -2.32. The highest BCUT2D eigenvalue weighted by Gasteiger charge is 2.21. The molecule has 3 aromatic rings. The first-order valence-corrected chi connectivity index (χ1v) is 7.05. The molecule has 2 aromatic heterocycles. The molecule has 6 nitrogen and oxygen atoms in total. The quantitative estimate of drug-likeness (QED) is 0.765. The van der Waals surface area contributed by atoms with Gasteiger partial charge in [-0.3, -0.25) is 9.97 Å². The molecule has 118 valence electrons. The Labute approximate surface area is 137 Å². The molecule has 3 rings (SSSR count). The van der Waals surface area contributed by atoms with E-state index in [4.69, 9.17) is 0 Å². The maximum absolute atomic E-state index is 11.7. The first kappa shape index (κ1) is 15.4. The molecule has 1 aromatic carbocycles. The topological polar surface area (TPSA) is 100 Å². The van der Waals surface area contributed by atoms with E-state index in [0.29, 0.717) is 11.4 Å². The van der Waals surface area contributed by atoms with Crippen molar-refractivity contribution in [2.75, 3.05) is 0 Å². The molecule has 0 saturated heterocycles. The Morgan fingerprint density at radius 1 is 0.708 bits per heavy atom. The predicted octanol–water partition coefficient (Wildman–Crippen LogP) is 3.21. The third kappa shape index (κ3) is 2.85. The molecule has 0 radical (unpaired) electrons. The van der Waals surface area contributed by atoms with Crippen LogP contribution >= 0.6 is 0 Å².